The summed E-state index contributed by atoms with van der Waals surface area (Å²) in [6.45, 7) is 8.29. The number of ether oxygens (including phenoxy) is 1. The SMILES string of the molecule is Cc1ccc(C(=O)NCCNC(=O)CCC2CCCN2C(=O)OC(C)(C)C)cc1F. The van der Waals surface area contributed by atoms with Crippen molar-refractivity contribution in [3.8, 4) is 0 Å². The lowest BCUT2D eigenvalue weighted by molar-refractivity contribution is -0.121. The fourth-order valence-electron chi connectivity index (χ4n) is 3.30. The molecule has 1 aliphatic heterocycles. The normalized spacial score (nSPS) is 16.3. The zero-order valence-corrected chi connectivity index (χ0v) is 18.2. The zero-order valence-electron chi connectivity index (χ0n) is 18.2. The second kappa shape index (κ2) is 10.4. The van der Waals surface area contributed by atoms with E-state index in [4.69, 9.17) is 4.74 Å². The van der Waals surface area contributed by atoms with Crippen molar-refractivity contribution in [3.05, 3.63) is 35.1 Å². The molecule has 1 unspecified atom stereocenters. The van der Waals surface area contributed by atoms with E-state index in [1.807, 2.05) is 20.8 Å². The molecule has 0 aromatic heterocycles. The second-order valence-electron chi connectivity index (χ2n) is 8.58. The Bertz CT molecular complexity index is 776. The molecule has 7 nitrogen and oxygen atoms in total. The summed E-state index contributed by atoms with van der Waals surface area (Å²) in [5, 5.41) is 5.41. The molecule has 1 atom stereocenters. The molecule has 1 aliphatic rings. The van der Waals surface area contributed by atoms with Gasteiger partial charge in [-0.05, 0) is 64.7 Å². The number of hydrogen-bond donors (Lipinski definition) is 2. The van der Waals surface area contributed by atoms with Crippen LogP contribution < -0.4 is 10.6 Å². The average Bonchev–Trinajstić information content (AvgIpc) is 3.13. The summed E-state index contributed by atoms with van der Waals surface area (Å²) in [6.07, 6.45) is 2.29. The van der Waals surface area contributed by atoms with Gasteiger partial charge < -0.3 is 20.3 Å². The Morgan fingerprint density at radius 1 is 1.20 bits per heavy atom. The number of hydrogen-bond acceptors (Lipinski definition) is 4. The van der Waals surface area contributed by atoms with Crippen molar-refractivity contribution < 1.29 is 23.5 Å². The van der Waals surface area contributed by atoms with Crippen molar-refractivity contribution in [1.29, 1.82) is 0 Å². The van der Waals surface area contributed by atoms with Crippen LogP contribution in [0.4, 0.5) is 9.18 Å². The van der Waals surface area contributed by atoms with Crippen LogP contribution in [0.1, 0.15) is 62.4 Å². The number of benzene rings is 1. The third-order valence-electron chi connectivity index (χ3n) is 4.88. The number of carbonyl (C=O) groups excluding carboxylic acids is 3. The molecule has 0 aliphatic carbocycles. The molecule has 1 heterocycles. The smallest absolute Gasteiger partial charge is 0.410 e. The largest absolute Gasteiger partial charge is 0.444 e. The van der Waals surface area contributed by atoms with Gasteiger partial charge in [0.15, 0.2) is 0 Å². The van der Waals surface area contributed by atoms with E-state index >= 15 is 0 Å². The highest BCUT2D eigenvalue weighted by Crippen LogP contribution is 2.23. The van der Waals surface area contributed by atoms with Gasteiger partial charge in [0.1, 0.15) is 11.4 Å². The third kappa shape index (κ3) is 7.31. The molecule has 3 amide bonds. The van der Waals surface area contributed by atoms with Crippen molar-refractivity contribution in [2.24, 2.45) is 0 Å². The van der Waals surface area contributed by atoms with Crippen LogP contribution in [0.15, 0.2) is 18.2 Å². The third-order valence-corrected chi connectivity index (χ3v) is 4.88. The lowest BCUT2D eigenvalue weighted by Crippen LogP contribution is -2.40. The lowest BCUT2D eigenvalue weighted by Gasteiger charge is -2.28. The molecule has 166 valence electrons. The maximum atomic E-state index is 13.5. The van der Waals surface area contributed by atoms with Crippen molar-refractivity contribution in [2.45, 2.75) is 65.0 Å². The minimum absolute atomic E-state index is 0.00161. The Kier molecular flexibility index (Phi) is 8.20. The number of rotatable bonds is 7. The Morgan fingerprint density at radius 3 is 2.57 bits per heavy atom. The van der Waals surface area contributed by atoms with E-state index in [0.717, 1.165) is 12.8 Å². The fraction of sp³-hybridized carbons (Fsp3) is 0.591. The highest BCUT2D eigenvalue weighted by atomic mass is 19.1. The molecule has 1 aromatic carbocycles. The summed E-state index contributed by atoms with van der Waals surface area (Å²) in [4.78, 5) is 38.1. The van der Waals surface area contributed by atoms with Crippen molar-refractivity contribution in [1.82, 2.24) is 15.5 Å². The summed E-state index contributed by atoms with van der Waals surface area (Å²) < 4.78 is 19.0. The number of carbonyl (C=O) groups is 3. The van der Waals surface area contributed by atoms with E-state index in [1.165, 1.54) is 6.07 Å². The van der Waals surface area contributed by atoms with Crippen molar-refractivity contribution in [2.75, 3.05) is 19.6 Å². The van der Waals surface area contributed by atoms with Crippen LogP contribution in [0.25, 0.3) is 0 Å². The van der Waals surface area contributed by atoms with Gasteiger partial charge >= 0.3 is 6.09 Å². The van der Waals surface area contributed by atoms with Crippen LogP contribution in [0.3, 0.4) is 0 Å². The number of halogens is 1. The first-order valence-corrected chi connectivity index (χ1v) is 10.4. The zero-order chi connectivity index (χ0) is 22.3. The summed E-state index contributed by atoms with van der Waals surface area (Å²) >= 11 is 0. The van der Waals surface area contributed by atoms with Gasteiger partial charge in [-0.25, -0.2) is 9.18 Å². The van der Waals surface area contributed by atoms with E-state index < -0.39 is 11.4 Å². The van der Waals surface area contributed by atoms with Crippen molar-refractivity contribution in [3.63, 3.8) is 0 Å². The topological polar surface area (TPSA) is 87.7 Å². The van der Waals surface area contributed by atoms with E-state index in [9.17, 15) is 18.8 Å². The van der Waals surface area contributed by atoms with Gasteiger partial charge in [-0.1, -0.05) is 6.07 Å². The van der Waals surface area contributed by atoms with Crippen molar-refractivity contribution >= 4 is 17.9 Å². The molecule has 2 rings (SSSR count). The number of aryl methyl sites for hydroxylation is 1. The lowest BCUT2D eigenvalue weighted by atomic mass is 10.1. The molecule has 1 aromatic rings. The van der Waals surface area contributed by atoms with E-state index in [2.05, 4.69) is 10.6 Å². The number of nitrogens with one attached hydrogen (secondary N) is 2. The Hall–Kier alpha value is -2.64. The molecule has 0 bridgehead atoms. The van der Waals surface area contributed by atoms with Gasteiger partial charge in [-0.2, -0.15) is 0 Å². The minimum atomic E-state index is -0.545. The standard InChI is InChI=1S/C22H32FN3O4/c1-15-7-8-16(14-18(15)23)20(28)25-12-11-24-19(27)10-9-17-6-5-13-26(17)21(29)30-22(2,3)4/h7-8,14,17H,5-6,9-13H2,1-4H3,(H,24,27)(H,25,28). The van der Waals surface area contributed by atoms with Crippen LogP contribution in [-0.4, -0.2) is 54.1 Å². The van der Waals surface area contributed by atoms with Gasteiger partial charge in [0.25, 0.3) is 5.91 Å². The summed E-state index contributed by atoms with van der Waals surface area (Å²) in [7, 11) is 0. The van der Waals surface area contributed by atoms with Crippen LogP contribution in [0.2, 0.25) is 0 Å². The number of likely N-dealkylation sites (tertiary alicyclic amines) is 1. The Labute approximate surface area is 177 Å². The Balaban J connectivity index is 1.67. The van der Waals surface area contributed by atoms with E-state index in [1.54, 1.807) is 24.0 Å². The van der Waals surface area contributed by atoms with Gasteiger partial charge in [0.05, 0.1) is 0 Å². The van der Waals surface area contributed by atoms with Gasteiger partial charge in [-0.3, -0.25) is 9.59 Å². The van der Waals surface area contributed by atoms with Gasteiger partial charge in [0, 0.05) is 37.7 Å². The molecular formula is C22H32FN3O4. The number of nitrogens with zero attached hydrogens (tertiary/aromatic N) is 1. The van der Waals surface area contributed by atoms with Gasteiger partial charge in [0.2, 0.25) is 5.91 Å². The molecule has 1 saturated heterocycles. The molecular weight excluding hydrogens is 389 g/mol. The first kappa shape index (κ1) is 23.6. The summed E-state index contributed by atoms with van der Waals surface area (Å²) in [5.41, 5.74) is 0.176. The molecule has 0 radical (unpaired) electrons. The van der Waals surface area contributed by atoms with Crippen LogP contribution in [0, 0.1) is 12.7 Å². The summed E-state index contributed by atoms with van der Waals surface area (Å²) in [6, 6.07) is 4.31. The predicted octanol–water partition coefficient (Wildman–Crippen LogP) is 3.16. The number of amides is 3. The minimum Gasteiger partial charge on any atom is -0.444 e. The highest BCUT2D eigenvalue weighted by Gasteiger charge is 2.32. The van der Waals surface area contributed by atoms with E-state index in [-0.39, 0.29) is 42.6 Å². The monoisotopic (exact) mass is 421 g/mol. The van der Waals surface area contributed by atoms with Gasteiger partial charge in [-0.15, -0.1) is 0 Å². The first-order chi connectivity index (χ1) is 14.1. The second-order valence-corrected chi connectivity index (χ2v) is 8.58. The summed E-state index contributed by atoms with van der Waals surface area (Å²) in [5.74, 6) is -0.952. The fourth-order valence-corrected chi connectivity index (χ4v) is 3.30. The highest BCUT2D eigenvalue weighted by molar-refractivity contribution is 5.94. The molecule has 1 fully saturated rings. The quantitative estimate of drug-likeness (QED) is 0.662. The molecule has 0 spiro atoms. The predicted molar refractivity (Wildman–Crippen MR) is 112 cm³/mol. The van der Waals surface area contributed by atoms with Crippen LogP contribution in [0.5, 0.6) is 0 Å². The van der Waals surface area contributed by atoms with E-state index in [0.29, 0.717) is 24.9 Å². The molecule has 30 heavy (non-hydrogen) atoms. The maximum absolute atomic E-state index is 13.5. The Morgan fingerprint density at radius 2 is 1.90 bits per heavy atom. The molecule has 0 saturated carbocycles. The van der Waals surface area contributed by atoms with Crippen LogP contribution in [-0.2, 0) is 9.53 Å². The van der Waals surface area contributed by atoms with Crippen LogP contribution >= 0.6 is 0 Å². The maximum Gasteiger partial charge on any atom is 0.410 e. The molecule has 2 N–H and O–H groups in total. The average molecular weight is 422 g/mol. The first-order valence-electron chi connectivity index (χ1n) is 10.4. The molecule has 8 heteroatoms.